The number of hydrogen-bond acceptors (Lipinski definition) is 4. The van der Waals surface area contributed by atoms with Crippen molar-refractivity contribution in [2.24, 2.45) is 0 Å². The summed E-state index contributed by atoms with van der Waals surface area (Å²) < 4.78 is 6.25. The second-order valence-corrected chi connectivity index (χ2v) is 6.71. The van der Waals surface area contributed by atoms with Crippen molar-refractivity contribution in [1.29, 1.82) is 0 Å². The molecule has 0 aromatic carbocycles. The van der Waals surface area contributed by atoms with Gasteiger partial charge in [0.05, 0.1) is 4.34 Å². The van der Waals surface area contributed by atoms with E-state index in [4.69, 9.17) is 16.0 Å². The fraction of sp³-hybridized carbons (Fsp3) is 0.429. The minimum absolute atomic E-state index is 0.461. The third-order valence-electron chi connectivity index (χ3n) is 3.02. The van der Waals surface area contributed by atoms with Crippen LogP contribution < -0.4 is 5.32 Å². The quantitative estimate of drug-likeness (QED) is 0.886. The Kier molecular flexibility index (Phi) is 4.36. The summed E-state index contributed by atoms with van der Waals surface area (Å²) >= 11 is 7.42. The first-order valence-corrected chi connectivity index (χ1v) is 7.33. The molecule has 0 fully saturated rings. The van der Waals surface area contributed by atoms with E-state index in [0.717, 1.165) is 26.3 Å². The zero-order chi connectivity index (χ0) is 14.0. The van der Waals surface area contributed by atoms with E-state index < -0.39 is 5.60 Å². The number of aryl methyl sites for hydroxylation is 2. The van der Waals surface area contributed by atoms with Gasteiger partial charge in [-0.25, -0.2) is 0 Å². The lowest BCUT2D eigenvalue weighted by Gasteiger charge is -2.23. The first-order chi connectivity index (χ1) is 8.88. The van der Waals surface area contributed by atoms with Gasteiger partial charge in [0.15, 0.2) is 0 Å². The first-order valence-electron chi connectivity index (χ1n) is 6.13. The molecule has 0 saturated carbocycles. The van der Waals surface area contributed by atoms with Crippen LogP contribution in [0.2, 0.25) is 4.34 Å². The minimum Gasteiger partial charge on any atom is -0.466 e. The summed E-state index contributed by atoms with van der Waals surface area (Å²) in [6.07, 6.45) is 0. The molecule has 2 rings (SSSR count). The van der Waals surface area contributed by atoms with Gasteiger partial charge in [-0.15, -0.1) is 11.3 Å². The lowest BCUT2D eigenvalue weighted by molar-refractivity contribution is 0.0552. The molecule has 2 N–H and O–H groups in total. The molecule has 0 aliphatic heterocycles. The Balaban J connectivity index is 1.96. The Labute approximate surface area is 122 Å². The van der Waals surface area contributed by atoms with Crippen LogP contribution in [-0.2, 0) is 12.1 Å². The second kappa shape index (κ2) is 5.67. The van der Waals surface area contributed by atoms with Crippen LogP contribution in [0.4, 0.5) is 0 Å². The van der Waals surface area contributed by atoms with Gasteiger partial charge >= 0.3 is 0 Å². The summed E-state index contributed by atoms with van der Waals surface area (Å²) in [6, 6.07) is 5.76. The van der Waals surface area contributed by atoms with Crippen molar-refractivity contribution in [3.63, 3.8) is 0 Å². The van der Waals surface area contributed by atoms with Crippen molar-refractivity contribution in [3.05, 3.63) is 44.5 Å². The van der Waals surface area contributed by atoms with Gasteiger partial charge in [-0.3, -0.25) is 0 Å². The van der Waals surface area contributed by atoms with Crippen molar-refractivity contribution >= 4 is 22.9 Å². The average Bonchev–Trinajstić information content (AvgIpc) is 2.85. The molecule has 3 nitrogen and oxygen atoms in total. The fourth-order valence-corrected chi connectivity index (χ4v) is 3.19. The number of rotatable bonds is 5. The van der Waals surface area contributed by atoms with E-state index in [1.807, 2.05) is 32.0 Å². The van der Waals surface area contributed by atoms with E-state index in [9.17, 15) is 5.11 Å². The molecule has 0 aliphatic rings. The zero-order valence-corrected chi connectivity index (χ0v) is 12.9. The minimum atomic E-state index is -0.942. The Hall–Kier alpha value is -0.810. The third-order valence-corrected chi connectivity index (χ3v) is 4.25. The van der Waals surface area contributed by atoms with Crippen LogP contribution in [0.15, 0.2) is 22.6 Å². The van der Waals surface area contributed by atoms with Gasteiger partial charge in [0.2, 0.25) is 0 Å². The summed E-state index contributed by atoms with van der Waals surface area (Å²) in [6.45, 7) is 6.70. The summed E-state index contributed by atoms with van der Waals surface area (Å²) in [4.78, 5) is 1.15. The van der Waals surface area contributed by atoms with Gasteiger partial charge < -0.3 is 14.8 Å². The maximum atomic E-state index is 10.5. The van der Waals surface area contributed by atoms with E-state index in [1.165, 1.54) is 0 Å². The molecule has 2 aromatic heterocycles. The Morgan fingerprint density at radius 3 is 2.68 bits per heavy atom. The molecular weight excluding hydrogens is 282 g/mol. The second-order valence-electron chi connectivity index (χ2n) is 4.91. The summed E-state index contributed by atoms with van der Waals surface area (Å²) in [5, 5.41) is 13.8. The molecule has 2 aromatic rings. The molecule has 19 heavy (non-hydrogen) atoms. The van der Waals surface area contributed by atoms with Gasteiger partial charge in [0, 0.05) is 23.5 Å². The first kappa shape index (κ1) is 14.6. The van der Waals surface area contributed by atoms with E-state index in [1.54, 1.807) is 18.3 Å². The maximum absolute atomic E-state index is 10.5. The summed E-state index contributed by atoms with van der Waals surface area (Å²) in [5.41, 5.74) is -0.107. The molecule has 5 heteroatoms. The molecular formula is C14H18ClNO2S. The van der Waals surface area contributed by atoms with Crippen LogP contribution in [0.25, 0.3) is 0 Å². The lowest BCUT2D eigenvalue weighted by Crippen LogP contribution is -2.35. The normalized spacial score (nSPS) is 14.6. The Morgan fingerprint density at radius 2 is 2.16 bits per heavy atom. The van der Waals surface area contributed by atoms with Crippen molar-refractivity contribution in [1.82, 2.24) is 5.32 Å². The lowest BCUT2D eigenvalue weighted by atomic mass is 9.96. The van der Waals surface area contributed by atoms with Crippen molar-refractivity contribution in [2.45, 2.75) is 32.9 Å². The highest BCUT2D eigenvalue weighted by Crippen LogP contribution is 2.27. The molecule has 1 unspecified atom stereocenters. The molecule has 1 atom stereocenters. The Bertz CT molecular complexity index is 560. The van der Waals surface area contributed by atoms with Crippen LogP contribution in [0, 0.1) is 13.8 Å². The van der Waals surface area contributed by atoms with E-state index in [-0.39, 0.29) is 0 Å². The predicted molar refractivity (Wildman–Crippen MR) is 78.8 cm³/mol. The monoisotopic (exact) mass is 299 g/mol. The molecule has 0 bridgehead atoms. The number of furan rings is 1. The molecule has 0 saturated heterocycles. The van der Waals surface area contributed by atoms with E-state index >= 15 is 0 Å². The standard InChI is InChI=1S/C14H18ClNO2S/c1-9-6-12(10(2)18-9)14(3,17)8-16-7-11-4-5-13(15)19-11/h4-6,16-17H,7-8H2,1-3H3. The molecule has 0 aliphatic carbocycles. The average molecular weight is 300 g/mol. The highest BCUT2D eigenvalue weighted by atomic mass is 35.5. The van der Waals surface area contributed by atoms with Crippen molar-refractivity contribution in [3.8, 4) is 0 Å². The highest BCUT2D eigenvalue weighted by Gasteiger charge is 2.27. The summed E-state index contributed by atoms with van der Waals surface area (Å²) in [5.74, 6) is 1.58. The van der Waals surface area contributed by atoms with Crippen LogP contribution >= 0.6 is 22.9 Å². The third kappa shape index (κ3) is 3.60. The molecule has 2 heterocycles. The predicted octanol–water partition coefficient (Wildman–Crippen LogP) is 3.61. The number of hydrogen-bond donors (Lipinski definition) is 2. The largest absolute Gasteiger partial charge is 0.466 e. The van der Waals surface area contributed by atoms with E-state index in [0.29, 0.717) is 13.1 Å². The zero-order valence-electron chi connectivity index (χ0n) is 11.3. The number of halogens is 1. The van der Waals surface area contributed by atoms with Gasteiger partial charge in [-0.05, 0) is 39.0 Å². The van der Waals surface area contributed by atoms with Crippen molar-refractivity contribution < 1.29 is 9.52 Å². The number of nitrogens with one attached hydrogen (secondary N) is 1. The maximum Gasteiger partial charge on any atom is 0.107 e. The SMILES string of the molecule is Cc1cc(C(C)(O)CNCc2ccc(Cl)s2)c(C)o1. The van der Waals surface area contributed by atoms with Crippen LogP contribution in [0.3, 0.4) is 0 Å². The van der Waals surface area contributed by atoms with Crippen LogP contribution in [0.5, 0.6) is 0 Å². The van der Waals surface area contributed by atoms with Gasteiger partial charge in [0.1, 0.15) is 17.1 Å². The van der Waals surface area contributed by atoms with Gasteiger partial charge in [-0.1, -0.05) is 11.6 Å². The molecule has 0 radical (unpaired) electrons. The number of aliphatic hydroxyl groups is 1. The Morgan fingerprint density at radius 1 is 1.42 bits per heavy atom. The van der Waals surface area contributed by atoms with Gasteiger partial charge in [-0.2, -0.15) is 0 Å². The molecule has 0 spiro atoms. The topological polar surface area (TPSA) is 45.4 Å². The number of thiophene rings is 1. The molecule has 104 valence electrons. The summed E-state index contributed by atoms with van der Waals surface area (Å²) in [7, 11) is 0. The molecule has 0 amide bonds. The van der Waals surface area contributed by atoms with E-state index in [2.05, 4.69) is 5.32 Å². The van der Waals surface area contributed by atoms with Crippen molar-refractivity contribution in [2.75, 3.05) is 6.54 Å². The van der Waals surface area contributed by atoms with Crippen LogP contribution in [0.1, 0.15) is 28.9 Å². The fourth-order valence-electron chi connectivity index (χ4n) is 2.14. The highest BCUT2D eigenvalue weighted by molar-refractivity contribution is 7.16. The smallest absolute Gasteiger partial charge is 0.107 e. The van der Waals surface area contributed by atoms with Crippen LogP contribution in [-0.4, -0.2) is 11.7 Å². The van der Waals surface area contributed by atoms with Gasteiger partial charge in [0.25, 0.3) is 0 Å².